The van der Waals surface area contributed by atoms with Gasteiger partial charge in [0.25, 0.3) is 5.91 Å². The van der Waals surface area contributed by atoms with Gasteiger partial charge in [0.05, 0.1) is 12.8 Å². The van der Waals surface area contributed by atoms with Gasteiger partial charge in [-0.3, -0.25) is 19.9 Å². The van der Waals surface area contributed by atoms with Gasteiger partial charge in [-0.25, -0.2) is 5.48 Å². The molecule has 0 spiro atoms. The van der Waals surface area contributed by atoms with Crippen LogP contribution in [0, 0.1) is 0 Å². The van der Waals surface area contributed by atoms with E-state index >= 15 is 0 Å². The first-order chi connectivity index (χ1) is 12.6. The van der Waals surface area contributed by atoms with E-state index in [9.17, 15) is 10.0 Å². The van der Waals surface area contributed by atoms with Crippen molar-refractivity contribution < 1.29 is 14.7 Å². The second-order valence-corrected chi connectivity index (χ2v) is 7.77. The number of rotatable bonds is 6. The number of benzene rings is 1. The van der Waals surface area contributed by atoms with E-state index in [-0.39, 0.29) is 5.91 Å². The molecule has 1 aromatic heterocycles. The molecule has 0 saturated carbocycles. The number of ether oxygens (including phenoxy) is 1. The maximum atomic E-state index is 12.4. The van der Waals surface area contributed by atoms with E-state index < -0.39 is 4.75 Å². The van der Waals surface area contributed by atoms with Crippen molar-refractivity contribution in [3.8, 4) is 5.75 Å². The fourth-order valence-electron chi connectivity index (χ4n) is 3.14. The molecular formula is C19H23N3O3S. The predicted octanol–water partition coefficient (Wildman–Crippen LogP) is 2.72. The Labute approximate surface area is 157 Å². The minimum atomic E-state index is -0.677. The minimum absolute atomic E-state index is 0.337. The lowest BCUT2D eigenvalue weighted by Crippen LogP contribution is -2.51. The van der Waals surface area contributed by atoms with Crippen LogP contribution in [0.25, 0.3) is 0 Å². The fourth-order valence-corrected chi connectivity index (χ4v) is 4.39. The summed E-state index contributed by atoms with van der Waals surface area (Å²) in [6.45, 7) is 2.31. The van der Waals surface area contributed by atoms with Crippen LogP contribution in [0.4, 0.5) is 0 Å². The number of hydroxylamine groups is 1. The van der Waals surface area contributed by atoms with E-state index in [2.05, 4.69) is 9.88 Å². The molecule has 1 amide bonds. The number of hydrogen-bond donors (Lipinski definition) is 2. The Morgan fingerprint density at radius 1 is 1.27 bits per heavy atom. The molecule has 138 valence electrons. The molecule has 2 N–H and O–H groups in total. The van der Waals surface area contributed by atoms with Crippen LogP contribution in [0.3, 0.4) is 0 Å². The number of piperidine rings is 1. The van der Waals surface area contributed by atoms with Crippen molar-refractivity contribution >= 4 is 17.7 Å². The van der Waals surface area contributed by atoms with Gasteiger partial charge < -0.3 is 4.74 Å². The molecule has 1 aromatic carbocycles. The quantitative estimate of drug-likeness (QED) is 0.599. The summed E-state index contributed by atoms with van der Waals surface area (Å²) in [5, 5.41) is 9.26. The van der Waals surface area contributed by atoms with Crippen molar-refractivity contribution in [1.29, 1.82) is 0 Å². The highest BCUT2D eigenvalue weighted by Gasteiger charge is 2.42. The molecule has 6 nitrogen and oxygen atoms in total. The first-order valence-electron chi connectivity index (χ1n) is 8.55. The Morgan fingerprint density at radius 3 is 2.58 bits per heavy atom. The molecule has 1 fully saturated rings. The number of hydrogen-bond acceptors (Lipinski definition) is 6. The van der Waals surface area contributed by atoms with Gasteiger partial charge in [-0.05, 0) is 49.2 Å². The topological polar surface area (TPSA) is 74.7 Å². The molecule has 0 atom stereocenters. The van der Waals surface area contributed by atoms with Crippen LogP contribution in [-0.4, -0.2) is 45.9 Å². The highest BCUT2D eigenvalue weighted by atomic mass is 32.2. The maximum Gasteiger partial charge on any atom is 0.260 e. The average Bonchev–Trinajstić information content (AvgIpc) is 2.70. The van der Waals surface area contributed by atoms with Crippen LogP contribution >= 0.6 is 11.8 Å². The summed E-state index contributed by atoms with van der Waals surface area (Å²) in [4.78, 5) is 20.1. The zero-order valence-electron chi connectivity index (χ0n) is 14.7. The van der Waals surface area contributed by atoms with Gasteiger partial charge in [0.2, 0.25) is 0 Å². The Bertz CT molecular complexity index is 717. The van der Waals surface area contributed by atoms with Crippen LogP contribution < -0.4 is 10.2 Å². The third-order valence-corrected chi connectivity index (χ3v) is 6.16. The number of likely N-dealkylation sites (tertiary alicyclic amines) is 1. The van der Waals surface area contributed by atoms with Crippen molar-refractivity contribution in [1.82, 2.24) is 15.4 Å². The summed E-state index contributed by atoms with van der Waals surface area (Å²) in [6, 6.07) is 13.5. The second kappa shape index (κ2) is 8.53. The van der Waals surface area contributed by atoms with Crippen molar-refractivity contribution in [3.05, 3.63) is 54.4 Å². The normalized spacial score (nSPS) is 16.8. The Hall–Kier alpha value is -2.09. The number of nitrogens with one attached hydrogen (secondary N) is 1. The highest BCUT2D eigenvalue weighted by Crippen LogP contribution is 2.41. The molecule has 1 aliphatic rings. The first-order valence-corrected chi connectivity index (χ1v) is 9.37. The zero-order valence-corrected chi connectivity index (χ0v) is 15.5. The lowest BCUT2D eigenvalue weighted by molar-refractivity contribution is -0.133. The third-order valence-electron chi connectivity index (χ3n) is 4.66. The van der Waals surface area contributed by atoms with Crippen LogP contribution in [0.15, 0.2) is 53.6 Å². The molecule has 26 heavy (non-hydrogen) atoms. The summed E-state index contributed by atoms with van der Waals surface area (Å²) in [6.07, 6.45) is 3.11. The Morgan fingerprint density at radius 2 is 2.00 bits per heavy atom. The van der Waals surface area contributed by atoms with Gasteiger partial charge in [-0.15, -0.1) is 11.8 Å². The summed E-state index contributed by atoms with van der Waals surface area (Å²) in [5.41, 5.74) is 2.89. The first kappa shape index (κ1) is 18.7. The number of thioether (sulfide) groups is 1. The Kier molecular flexibility index (Phi) is 6.13. The van der Waals surface area contributed by atoms with E-state index in [0.29, 0.717) is 12.8 Å². The number of methoxy groups -OCH3 is 1. The summed E-state index contributed by atoms with van der Waals surface area (Å²) < 4.78 is 4.51. The zero-order chi connectivity index (χ0) is 18.4. The summed E-state index contributed by atoms with van der Waals surface area (Å²) >= 11 is 1.50. The molecule has 7 heteroatoms. The molecule has 2 aromatic rings. The largest absolute Gasteiger partial charge is 0.497 e. The molecule has 1 aliphatic heterocycles. The number of amides is 1. The van der Waals surface area contributed by atoms with E-state index in [1.807, 2.05) is 47.9 Å². The maximum absolute atomic E-state index is 12.4. The molecular weight excluding hydrogens is 350 g/mol. The van der Waals surface area contributed by atoms with E-state index in [0.717, 1.165) is 36.0 Å². The molecule has 0 radical (unpaired) electrons. The second-order valence-electron chi connectivity index (χ2n) is 6.31. The average molecular weight is 373 g/mol. The number of carbonyl (C=O) groups is 1. The molecule has 1 saturated heterocycles. The lowest BCUT2D eigenvalue weighted by atomic mass is 9.94. The third kappa shape index (κ3) is 4.35. The molecule has 0 unspecified atom stereocenters. The van der Waals surface area contributed by atoms with Crippen LogP contribution in [0.2, 0.25) is 0 Å². The van der Waals surface area contributed by atoms with Crippen molar-refractivity contribution in [2.75, 3.05) is 20.2 Å². The van der Waals surface area contributed by atoms with E-state index in [1.54, 1.807) is 13.3 Å². The highest BCUT2D eigenvalue weighted by molar-refractivity contribution is 8.01. The van der Waals surface area contributed by atoms with Crippen LogP contribution in [0.1, 0.15) is 18.5 Å². The molecule has 3 rings (SSSR count). The standard InChI is InChI=1S/C19H23N3O3S/c1-25-16-5-7-17(8-6-16)26-19(18(23)21-24)9-12-22(13-10-19)14-15-4-2-3-11-20-15/h2-8,11,24H,9-10,12-14H2,1H3,(H,21,23). The Balaban J connectivity index is 1.68. The van der Waals surface area contributed by atoms with Gasteiger partial charge in [-0.1, -0.05) is 6.07 Å². The molecule has 2 heterocycles. The monoisotopic (exact) mass is 373 g/mol. The summed E-state index contributed by atoms with van der Waals surface area (Å²) in [7, 11) is 1.63. The smallest absolute Gasteiger partial charge is 0.260 e. The van der Waals surface area contributed by atoms with E-state index in [4.69, 9.17) is 4.74 Å². The van der Waals surface area contributed by atoms with Crippen molar-refractivity contribution in [2.45, 2.75) is 29.0 Å². The lowest BCUT2D eigenvalue weighted by Gasteiger charge is -2.39. The van der Waals surface area contributed by atoms with Crippen LogP contribution in [-0.2, 0) is 11.3 Å². The fraction of sp³-hybridized carbons (Fsp3) is 0.368. The summed E-state index contributed by atoms with van der Waals surface area (Å²) in [5.74, 6) is 0.441. The number of nitrogens with zero attached hydrogens (tertiary/aromatic N) is 2. The molecule has 0 aliphatic carbocycles. The van der Waals surface area contributed by atoms with Crippen molar-refractivity contribution in [3.63, 3.8) is 0 Å². The SMILES string of the molecule is COc1ccc(SC2(C(=O)NO)CCN(Cc3ccccn3)CC2)cc1. The van der Waals surface area contributed by atoms with Gasteiger partial charge in [-0.2, -0.15) is 0 Å². The van der Waals surface area contributed by atoms with Crippen LogP contribution in [0.5, 0.6) is 5.75 Å². The van der Waals surface area contributed by atoms with Gasteiger partial charge in [0.1, 0.15) is 10.5 Å². The van der Waals surface area contributed by atoms with Crippen molar-refractivity contribution in [2.24, 2.45) is 0 Å². The van der Waals surface area contributed by atoms with E-state index in [1.165, 1.54) is 11.8 Å². The number of carbonyl (C=O) groups excluding carboxylic acids is 1. The molecule has 0 bridgehead atoms. The van der Waals surface area contributed by atoms with Gasteiger partial charge in [0, 0.05) is 30.7 Å². The number of pyridine rings is 1. The van der Waals surface area contributed by atoms with Gasteiger partial charge >= 0.3 is 0 Å². The number of aromatic nitrogens is 1. The van der Waals surface area contributed by atoms with Gasteiger partial charge in [0.15, 0.2) is 0 Å². The minimum Gasteiger partial charge on any atom is -0.497 e. The predicted molar refractivity (Wildman–Crippen MR) is 100 cm³/mol.